The van der Waals surface area contributed by atoms with Crippen LogP contribution >= 0.6 is 0 Å². The standard InChI is InChI=1S/C17H32N2O4/c1-12(2)14(17(11-20)8-6-9-17)19-13(21)7-10-18-15(22)23-16(3,4)5/h12,14,20H,6-11H2,1-5H3,(H,18,22)(H,19,21). The third-order valence-electron chi connectivity index (χ3n) is 4.33. The van der Waals surface area contributed by atoms with E-state index in [0.717, 1.165) is 19.3 Å². The van der Waals surface area contributed by atoms with Crippen molar-refractivity contribution in [3.63, 3.8) is 0 Å². The van der Waals surface area contributed by atoms with Crippen LogP contribution in [0, 0.1) is 11.3 Å². The van der Waals surface area contributed by atoms with Gasteiger partial charge in [0.1, 0.15) is 5.60 Å². The molecule has 1 atom stereocenters. The average molecular weight is 328 g/mol. The van der Waals surface area contributed by atoms with Crippen LogP contribution in [0.2, 0.25) is 0 Å². The molecule has 134 valence electrons. The van der Waals surface area contributed by atoms with E-state index in [-0.39, 0.29) is 42.9 Å². The predicted molar refractivity (Wildman–Crippen MR) is 89.0 cm³/mol. The topological polar surface area (TPSA) is 87.7 Å². The van der Waals surface area contributed by atoms with E-state index in [4.69, 9.17) is 4.74 Å². The largest absolute Gasteiger partial charge is 0.444 e. The van der Waals surface area contributed by atoms with Crippen LogP contribution in [-0.2, 0) is 9.53 Å². The van der Waals surface area contributed by atoms with E-state index < -0.39 is 11.7 Å². The van der Waals surface area contributed by atoms with E-state index in [2.05, 4.69) is 24.5 Å². The van der Waals surface area contributed by atoms with Gasteiger partial charge in [0.05, 0.1) is 6.61 Å². The first-order valence-corrected chi connectivity index (χ1v) is 8.47. The van der Waals surface area contributed by atoms with Crippen LogP contribution in [0.15, 0.2) is 0 Å². The molecule has 1 aliphatic carbocycles. The summed E-state index contributed by atoms with van der Waals surface area (Å²) in [6, 6.07) is -0.0322. The Kier molecular flexibility index (Phi) is 6.86. The smallest absolute Gasteiger partial charge is 0.407 e. The molecule has 0 saturated heterocycles. The highest BCUT2D eigenvalue weighted by Crippen LogP contribution is 2.45. The maximum atomic E-state index is 12.1. The highest BCUT2D eigenvalue weighted by atomic mass is 16.6. The van der Waals surface area contributed by atoms with Gasteiger partial charge < -0.3 is 20.5 Å². The molecule has 23 heavy (non-hydrogen) atoms. The van der Waals surface area contributed by atoms with Crippen LogP contribution < -0.4 is 10.6 Å². The van der Waals surface area contributed by atoms with Crippen LogP contribution in [0.5, 0.6) is 0 Å². The molecule has 0 radical (unpaired) electrons. The first kappa shape index (κ1) is 19.7. The van der Waals surface area contributed by atoms with Crippen LogP contribution in [0.3, 0.4) is 0 Å². The van der Waals surface area contributed by atoms with E-state index in [1.165, 1.54) is 0 Å². The number of aliphatic hydroxyl groups is 1. The Balaban J connectivity index is 2.41. The maximum absolute atomic E-state index is 12.1. The molecular formula is C17H32N2O4. The molecule has 1 fully saturated rings. The van der Waals surface area contributed by atoms with Gasteiger partial charge in [0, 0.05) is 24.4 Å². The van der Waals surface area contributed by atoms with E-state index >= 15 is 0 Å². The number of hydrogen-bond donors (Lipinski definition) is 3. The summed E-state index contributed by atoms with van der Waals surface area (Å²) in [5, 5.41) is 15.3. The van der Waals surface area contributed by atoms with Crippen molar-refractivity contribution in [1.82, 2.24) is 10.6 Å². The third-order valence-corrected chi connectivity index (χ3v) is 4.33. The molecule has 1 aliphatic rings. The fourth-order valence-electron chi connectivity index (χ4n) is 3.06. The number of carbonyl (C=O) groups is 2. The Morgan fingerprint density at radius 2 is 1.87 bits per heavy atom. The molecule has 6 nitrogen and oxygen atoms in total. The second-order valence-electron chi connectivity index (χ2n) is 7.84. The van der Waals surface area contributed by atoms with Crippen molar-refractivity contribution in [2.24, 2.45) is 11.3 Å². The molecule has 1 rings (SSSR count). The van der Waals surface area contributed by atoms with Crippen LogP contribution in [0.4, 0.5) is 4.79 Å². The van der Waals surface area contributed by atoms with E-state index in [1.807, 2.05) is 0 Å². The highest BCUT2D eigenvalue weighted by molar-refractivity contribution is 5.77. The quantitative estimate of drug-likeness (QED) is 0.668. The van der Waals surface area contributed by atoms with Crippen molar-refractivity contribution in [2.75, 3.05) is 13.2 Å². The van der Waals surface area contributed by atoms with Crippen molar-refractivity contribution in [1.29, 1.82) is 0 Å². The number of alkyl carbamates (subject to hydrolysis) is 1. The zero-order valence-corrected chi connectivity index (χ0v) is 15.1. The zero-order chi connectivity index (χ0) is 17.7. The van der Waals surface area contributed by atoms with Gasteiger partial charge in [-0.2, -0.15) is 0 Å². The van der Waals surface area contributed by atoms with Gasteiger partial charge in [0.2, 0.25) is 5.91 Å². The molecule has 6 heteroatoms. The zero-order valence-electron chi connectivity index (χ0n) is 15.1. The molecule has 0 aromatic heterocycles. The maximum Gasteiger partial charge on any atom is 0.407 e. The lowest BCUT2D eigenvalue weighted by Gasteiger charge is -2.48. The minimum atomic E-state index is -0.549. The highest BCUT2D eigenvalue weighted by Gasteiger charge is 2.45. The summed E-state index contributed by atoms with van der Waals surface area (Å²) in [5.74, 6) is 0.143. The van der Waals surface area contributed by atoms with Crippen molar-refractivity contribution in [2.45, 2.75) is 71.9 Å². The van der Waals surface area contributed by atoms with Crippen LogP contribution in [0.1, 0.15) is 60.3 Å². The molecule has 0 aromatic rings. The van der Waals surface area contributed by atoms with Crippen molar-refractivity contribution >= 4 is 12.0 Å². The number of ether oxygens (including phenoxy) is 1. The Labute approximate surface area is 139 Å². The monoisotopic (exact) mass is 328 g/mol. The van der Waals surface area contributed by atoms with Gasteiger partial charge in [-0.05, 0) is 39.5 Å². The lowest BCUT2D eigenvalue weighted by molar-refractivity contribution is -0.124. The second kappa shape index (κ2) is 7.99. The lowest BCUT2D eigenvalue weighted by atomic mass is 9.62. The van der Waals surface area contributed by atoms with Gasteiger partial charge in [-0.1, -0.05) is 20.3 Å². The van der Waals surface area contributed by atoms with Crippen LogP contribution in [0.25, 0.3) is 0 Å². The number of amides is 2. The Bertz CT molecular complexity index is 406. The minimum Gasteiger partial charge on any atom is -0.444 e. The number of rotatable bonds is 7. The average Bonchev–Trinajstić information content (AvgIpc) is 2.34. The first-order valence-electron chi connectivity index (χ1n) is 8.47. The second-order valence-corrected chi connectivity index (χ2v) is 7.84. The van der Waals surface area contributed by atoms with E-state index in [1.54, 1.807) is 20.8 Å². The SMILES string of the molecule is CC(C)C(NC(=O)CCNC(=O)OC(C)(C)C)C1(CO)CCC1. The first-order chi connectivity index (χ1) is 10.6. The van der Waals surface area contributed by atoms with Gasteiger partial charge in [0.15, 0.2) is 0 Å². The van der Waals surface area contributed by atoms with E-state index in [9.17, 15) is 14.7 Å². The molecule has 0 spiro atoms. The van der Waals surface area contributed by atoms with Gasteiger partial charge in [-0.15, -0.1) is 0 Å². The summed E-state index contributed by atoms with van der Waals surface area (Å²) in [4.78, 5) is 23.7. The Morgan fingerprint density at radius 1 is 1.26 bits per heavy atom. The molecule has 0 heterocycles. The number of hydrogen-bond acceptors (Lipinski definition) is 4. The molecular weight excluding hydrogens is 296 g/mol. The third kappa shape index (κ3) is 6.01. The fourth-order valence-corrected chi connectivity index (χ4v) is 3.06. The van der Waals surface area contributed by atoms with Gasteiger partial charge in [-0.3, -0.25) is 4.79 Å². The summed E-state index contributed by atoms with van der Waals surface area (Å²) in [7, 11) is 0. The normalized spacial score (nSPS) is 18.0. The van der Waals surface area contributed by atoms with Crippen molar-refractivity contribution in [3.05, 3.63) is 0 Å². The number of aliphatic hydroxyl groups excluding tert-OH is 1. The summed E-state index contributed by atoms with van der Waals surface area (Å²) in [6.45, 7) is 9.82. The molecule has 0 bridgehead atoms. The summed E-state index contributed by atoms with van der Waals surface area (Å²) < 4.78 is 5.12. The molecule has 1 unspecified atom stereocenters. The van der Waals surface area contributed by atoms with Gasteiger partial charge in [0.25, 0.3) is 0 Å². The predicted octanol–water partition coefficient (Wildman–Crippen LogP) is 2.20. The lowest BCUT2D eigenvalue weighted by Crippen LogP contribution is -2.56. The fraction of sp³-hybridized carbons (Fsp3) is 0.882. The number of nitrogens with one attached hydrogen (secondary N) is 2. The molecule has 0 aliphatic heterocycles. The van der Waals surface area contributed by atoms with Crippen molar-refractivity contribution in [3.8, 4) is 0 Å². The summed E-state index contributed by atoms with van der Waals surface area (Å²) in [5.41, 5.74) is -0.727. The molecule has 1 saturated carbocycles. The molecule has 2 amide bonds. The van der Waals surface area contributed by atoms with Crippen LogP contribution in [-0.4, -0.2) is 41.9 Å². The molecule has 0 aromatic carbocycles. The Morgan fingerprint density at radius 3 is 2.26 bits per heavy atom. The Hall–Kier alpha value is -1.30. The summed E-state index contributed by atoms with van der Waals surface area (Å²) in [6.07, 6.45) is 2.67. The van der Waals surface area contributed by atoms with Gasteiger partial charge >= 0.3 is 6.09 Å². The minimum absolute atomic E-state index is 0.0322. The van der Waals surface area contributed by atoms with E-state index in [0.29, 0.717) is 0 Å². The molecule has 3 N–H and O–H groups in total. The number of carbonyl (C=O) groups excluding carboxylic acids is 2. The summed E-state index contributed by atoms with van der Waals surface area (Å²) >= 11 is 0. The van der Waals surface area contributed by atoms with Gasteiger partial charge in [-0.25, -0.2) is 4.79 Å². The van der Waals surface area contributed by atoms with Crippen molar-refractivity contribution < 1.29 is 19.4 Å².